The largest absolute Gasteiger partial charge is 0.508 e. The molecule has 1 aromatic rings. The van der Waals surface area contributed by atoms with E-state index in [1.165, 1.54) is 0 Å². The Bertz CT molecular complexity index is 253. The van der Waals surface area contributed by atoms with Crippen LogP contribution in [0.15, 0.2) is 24.3 Å². The third kappa shape index (κ3) is 6.49. The fourth-order valence-corrected chi connectivity index (χ4v) is 0.582. The van der Waals surface area contributed by atoms with Gasteiger partial charge in [-0.3, -0.25) is 0 Å². The third-order valence-electron chi connectivity index (χ3n) is 1.07. The molecule has 0 aliphatic heterocycles. The summed E-state index contributed by atoms with van der Waals surface area (Å²) < 4.78 is 4.86. The fourth-order valence-electron chi connectivity index (χ4n) is 0.582. The van der Waals surface area contributed by atoms with Crippen LogP contribution in [0, 0.1) is 0 Å². The monoisotopic (exact) mass is 185 g/mol. The minimum absolute atomic E-state index is 0.260. The molecule has 0 atom stereocenters. The van der Waals surface area contributed by atoms with E-state index >= 15 is 0 Å². The number of carbonyl (C=O) groups is 1. The molecule has 13 heavy (non-hydrogen) atoms. The summed E-state index contributed by atoms with van der Waals surface area (Å²) in [6.07, 6.45) is -1.33. The fraction of sp³-hybridized carbons (Fsp3) is 0.125. The van der Waals surface area contributed by atoms with Gasteiger partial charge in [0.15, 0.2) is 0 Å². The Kier molecular flexibility index (Phi) is 4.87. The molecule has 0 aliphatic carbocycles. The van der Waals surface area contributed by atoms with E-state index in [1.54, 1.807) is 31.4 Å². The molecule has 1 aromatic carbocycles. The van der Waals surface area contributed by atoms with Gasteiger partial charge >= 0.3 is 6.09 Å². The lowest BCUT2D eigenvalue weighted by atomic mass is 10.3. The number of primary amides is 1. The summed E-state index contributed by atoms with van der Waals surface area (Å²) in [6.45, 7) is 0. The first-order chi connectivity index (χ1) is 6.06. The standard InChI is InChI=1S/C7H8O2.CH3NO2/c1-9-7-4-2-6(8)3-5-7;2-1(3)4/h2-5,8H,1H3;2H2,(H,3,4). The predicted octanol–water partition coefficient (Wildman–Crippen LogP) is 1.02. The van der Waals surface area contributed by atoms with E-state index in [-0.39, 0.29) is 5.75 Å². The Labute approximate surface area is 75.4 Å². The van der Waals surface area contributed by atoms with E-state index in [0.29, 0.717) is 0 Å². The first-order valence-electron chi connectivity index (χ1n) is 3.37. The average Bonchev–Trinajstić information content (AvgIpc) is 2.05. The zero-order valence-corrected chi connectivity index (χ0v) is 7.10. The minimum Gasteiger partial charge on any atom is -0.508 e. The van der Waals surface area contributed by atoms with Crippen molar-refractivity contribution in [3.05, 3.63) is 24.3 Å². The molecule has 5 nitrogen and oxygen atoms in total. The molecule has 1 amide bonds. The minimum atomic E-state index is -1.33. The second-order valence-corrected chi connectivity index (χ2v) is 2.04. The van der Waals surface area contributed by atoms with Crippen molar-refractivity contribution < 1.29 is 19.7 Å². The van der Waals surface area contributed by atoms with Crippen molar-refractivity contribution in [2.75, 3.05) is 7.11 Å². The highest BCUT2D eigenvalue weighted by Crippen LogP contribution is 2.14. The van der Waals surface area contributed by atoms with Crippen molar-refractivity contribution >= 4 is 6.09 Å². The van der Waals surface area contributed by atoms with Gasteiger partial charge in [0.25, 0.3) is 0 Å². The molecule has 5 heteroatoms. The third-order valence-corrected chi connectivity index (χ3v) is 1.07. The van der Waals surface area contributed by atoms with E-state index in [4.69, 9.17) is 19.7 Å². The topological polar surface area (TPSA) is 92.8 Å². The molecule has 0 radical (unpaired) electrons. The highest BCUT2D eigenvalue weighted by molar-refractivity contribution is 5.61. The van der Waals surface area contributed by atoms with Crippen LogP contribution in [0.5, 0.6) is 11.5 Å². The van der Waals surface area contributed by atoms with Crippen molar-refractivity contribution in [1.29, 1.82) is 0 Å². The quantitative estimate of drug-likeness (QED) is 0.609. The zero-order valence-electron chi connectivity index (χ0n) is 7.10. The second kappa shape index (κ2) is 5.70. The molecule has 0 bridgehead atoms. The molecule has 1 rings (SSSR count). The summed E-state index contributed by atoms with van der Waals surface area (Å²) in [6, 6.07) is 6.57. The van der Waals surface area contributed by atoms with Gasteiger partial charge in [0, 0.05) is 0 Å². The van der Waals surface area contributed by atoms with Crippen molar-refractivity contribution in [3.8, 4) is 11.5 Å². The van der Waals surface area contributed by atoms with Gasteiger partial charge in [-0.15, -0.1) is 0 Å². The number of phenolic OH excluding ortho intramolecular Hbond substituents is 1. The Morgan fingerprint density at radius 2 is 1.77 bits per heavy atom. The van der Waals surface area contributed by atoms with Crippen LogP contribution in [0.2, 0.25) is 0 Å². The Balaban J connectivity index is 0.000000310. The second-order valence-electron chi connectivity index (χ2n) is 2.04. The predicted molar refractivity (Wildman–Crippen MR) is 46.9 cm³/mol. The first-order valence-corrected chi connectivity index (χ1v) is 3.37. The van der Waals surface area contributed by atoms with Crippen LogP contribution < -0.4 is 10.5 Å². The number of nitrogens with two attached hydrogens (primary N) is 1. The number of rotatable bonds is 1. The van der Waals surface area contributed by atoms with Crippen LogP contribution in [0.4, 0.5) is 4.79 Å². The van der Waals surface area contributed by atoms with Gasteiger partial charge < -0.3 is 20.7 Å². The van der Waals surface area contributed by atoms with E-state index in [0.717, 1.165) is 5.75 Å². The van der Waals surface area contributed by atoms with Gasteiger partial charge in [0.1, 0.15) is 11.5 Å². The Morgan fingerprint density at radius 1 is 1.38 bits per heavy atom. The molecule has 0 fully saturated rings. The van der Waals surface area contributed by atoms with Crippen LogP contribution in [0.25, 0.3) is 0 Å². The molecule has 0 aliphatic rings. The highest BCUT2D eigenvalue weighted by Gasteiger charge is 1.87. The Hall–Kier alpha value is -1.91. The summed E-state index contributed by atoms with van der Waals surface area (Å²) in [4.78, 5) is 8.78. The van der Waals surface area contributed by atoms with Gasteiger partial charge in [-0.05, 0) is 24.3 Å². The maximum atomic E-state index is 8.80. The van der Waals surface area contributed by atoms with E-state index in [9.17, 15) is 0 Å². The molecule has 4 N–H and O–H groups in total. The van der Waals surface area contributed by atoms with Crippen LogP contribution in [-0.2, 0) is 0 Å². The van der Waals surface area contributed by atoms with Crippen molar-refractivity contribution in [3.63, 3.8) is 0 Å². The average molecular weight is 185 g/mol. The first kappa shape index (κ1) is 11.1. The zero-order chi connectivity index (χ0) is 10.3. The summed E-state index contributed by atoms with van der Waals surface area (Å²) >= 11 is 0. The van der Waals surface area contributed by atoms with Crippen LogP contribution >= 0.6 is 0 Å². The van der Waals surface area contributed by atoms with Gasteiger partial charge in [0.05, 0.1) is 7.11 Å². The smallest absolute Gasteiger partial charge is 0.402 e. The van der Waals surface area contributed by atoms with Gasteiger partial charge in [-0.1, -0.05) is 0 Å². The lowest BCUT2D eigenvalue weighted by Gasteiger charge is -1.96. The van der Waals surface area contributed by atoms with Gasteiger partial charge in [-0.25, -0.2) is 4.79 Å². The maximum Gasteiger partial charge on any atom is 0.402 e. The van der Waals surface area contributed by atoms with Gasteiger partial charge in [-0.2, -0.15) is 0 Å². The van der Waals surface area contributed by atoms with Crippen molar-refractivity contribution in [2.45, 2.75) is 0 Å². The number of amides is 1. The number of methoxy groups -OCH3 is 1. The number of hydrogen-bond acceptors (Lipinski definition) is 3. The van der Waals surface area contributed by atoms with E-state index in [2.05, 4.69) is 5.73 Å². The number of carboxylic acid groups (broad SMARTS) is 1. The maximum absolute atomic E-state index is 8.80. The molecule has 0 saturated carbocycles. The SMILES string of the molecule is COc1ccc(O)cc1.NC(=O)O. The number of benzene rings is 1. The number of aromatic hydroxyl groups is 1. The lowest BCUT2D eigenvalue weighted by Crippen LogP contribution is -2.03. The molecule has 0 unspecified atom stereocenters. The van der Waals surface area contributed by atoms with Crippen LogP contribution in [0.1, 0.15) is 0 Å². The molecular formula is C8H11NO4. The number of hydrogen-bond donors (Lipinski definition) is 3. The number of ether oxygens (including phenoxy) is 1. The lowest BCUT2D eigenvalue weighted by molar-refractivity contribution is 0.205. The molecule has 0 heterocycles. The summed E-state index contributed by atoms with van der Waals surface area (Å²) in [5.74, 6) is 1.02. The van der Waals surface area contributed by atoms with Crippen molar-refractivity contribution in [2.24, 2.45) is 5.73 Å². The molecular weight excluding hydrogens is 174 g/mol. The number of phenols is 1. The molecule has 0 saturated heterocycles. The molecule has 72 valence electrons. The Morgan fingerprint density at radius 3 is 2.08 bits per heavy atom. The van der Waals surface area contributed by atoms with Crippen molar-refractivity contribution in [1.82, 2.24) is 0 Å². The summed E-state index contributed by atoms with van der Waals surface area (Å²) in [5, 5.41) is 16.0. The molecule has 0 spiro atoms. The van der Waals surface area contributed by atoms with Gasteiger partial charge in [0.2, 0.25) is 0 Å². The van der Waals surface area contributed by atoms with E-state index < -0.39 is 6.09 Å². The molecule has 0 aromatic heterocycles. The highest BCUT2D eigenvalue weighted by atomic mass is 16.5. The van der Waals surface area contributed by atoms with Crippen LogP contribution in [-0.4, -0.2) is 23.4 Å². The summed E-state index contributed by atoms with van der Waals surface area (Å²) in [5.41, 5.74) is 4.03. The normalized spacial score (nSPS) is 8.08. The van der Waals surface area contributed by atoms with Crippen LogP contribution in [0.3, 0.4) is 0 Å². The van der Waals surface area contributed by atoms with E-state index in [1.807, 2.05) is 0 Å². The summed E-state index contributed by atoms with van der Waals surface area (Å²) in [7, 11) is 1.59.